The Morgan fingerprint density at radius 2 is 2.21 bits per heavy atom. The van der Waals surface area contributed by atoms with Gasteiger partial charge in [0, 0.05) is 6.07 Å². The van der Waals surface area contributed by atoms with Crippen LogP contribution in [0.25, 0.3) is 0 Å². The second-order valence-electron chi connectivity index (χ2n) is 2.45. The summed E-state index contributed by atoms with van der Waals surface area (Å²) < 4.78 is 13.1. The Labute approximate surface area is 87.0 Å². The van der Waals surface area contributed by atoms with Gasteiger partial charge in [0.15, 0.2) is 5.78 Å². The minimum Gasteiger partial charge on any atom is -0.293 e. The molecule has 0 aliphatic heterocycles. The summed E-state index contributed by atoms with van der Waals surface area (Å²) in [5.74, 6) is -1.52. The van der Waals surface area contributed by atoms with Gasteiger partial charge in [-0.05, 0) is 6.07 Å². The summed E-state index contributed by atoms with van der Waals surface area (Å²) in [6.45, 7) is 0. The lowest BCUT2D eigenvalue weighted by Gasteiger charge is -2.00. The molecule has 0 aromatic heterocycles. The van der Waals surface area contributed by atoms with Crippen LogP contribution in [-0.2, 0) is 0 Å². The van der Waals surface area contributed by atoms with Crippen LogP contribution in [0.1, 0.15) is 10.4 Å². The summed E-state index contributed by atoms with van der Waals surface area (Å²) >= 11 is 2.83. The SMILES string of the molecule is O=C(CBr)c1c(F)cccc1[N+](=O)[O-]. The van der Waals surface area contributed by atoms with Gasteiger partial charge in [-0.2, -0.15) is 0 Å². The van der Waals surface area contributed by atoms with Crippen molar-refractivity contribution in [1.29, 1.82) is 0 Å². The van der Waals surface area contributed by atoms with E-state index in [1.807, 2.05) is 0 Å². The van der Waals surface area contributed by atoms with Crippen LogP contribution in [0, 0.1) is 15.9 Å². The van der Waals surface area contributed by atoms with Crippen molar-refractivity contribution in [3.05, 3.63) is 39.7 Å². The highest BCUT2D eigenvalue weighted by molar-refractivity contribution is 9.09. The van der Waals surface area contributed by atoms with Crippen molar-refractivity contribution in [3.63, 3.8) is 0 Å². The minimum atomic E-state index is -0.872. The molecule has 0 aliphatic rings. The van der Waals surface area contributed by atoms with Crippen molar-refractivity contribution in [3.8, 4) is 0 Å². The maximum Gasteiger partial charge on any atom is 0.283 e. The molecule has 14 heavy (non-hydrogen) atoms. The molecule has 0 unspecified atom stereocenters. The molecule has 1 aromatic carbocycles. The third-order valence-corrected chi connectivity index (χ3v) is 2.10. The molecule has 1 rings (SSSR count). The predicted octanol–water partition coefficient (Wildman–Crippen LogP) is 2.31. The molecular weight excluding hydrogens is 257 g/mol. The standard InChI is InChI=1S/C8H5BrFNO3/c9-4-7(12)8-5(10)2-1-3-6(8)11(13)14/h1-3H,4H2. The van der Waals surface area contributed by atoms with Crippen molar-refractivity contribution in [1.82, 2.24) is 0 Å². The van der Waals surface area contributed by atoms with E-state index in [0.29, 0.717) is 0 Å². The van der Waals surface area contributed by atoms with Crippen LogP contribution < -0.4 is 0 Å². The van der Waals surface area contributed by atoms with Gasteiger partial charge in [0.2, 0.25) is 0 Å². The number of hydrogen-bond acceptors (Lipinski definition) is 3. The summed E-state index contributed by atoms with van der Waals surface area (Å²) in [5.41, 5.74) is -0.983. The summed E-state index contributed by atoms with van der Waals surface area (Å²) in [6, 6.07) is 3.31. The molecule has 0 aliphatic carbocycles. The smallest absolute Gasteiger partial charge is 0.283 e. The van der Waals surface area contributed by atoms with Crippen molar-refractivity contribution in [2.75, 3.05) is 5.33 Å². The van der Waals surface area contributed by atoms with Crippen LogP contribution in [0.2, 0.25) is 0 Å². The van der Waals surface area contributed by atoms with Gasteiger partial charge < -0.3 is 0 Å². The molecule has 0 heterocycles. The van der Waals surface area contributed by atoms with Crippen LogP contribution in [-0.4, -0.2) is 16.0 Å². The van der Waals surface area contributed by atoms with E-state index in [9.17, 15) is 19.3 Å². The summed E-state index contributed by atoms with van der Waals surface area (Å²) in [4.78, 5) is 20.9. The van der Waals surface area contributed by atoms with E-state index < -0.39 is 27.8 Å². The number of carbonyl (C=O) groups is 1. The first-order valence-electron chi connectivity index (χ1n) is 3.60. The second-order valence-corrected chi connectivity index (χ2v) is 3.01. The van der Waals surface area contributed by atoms with E-state index in [1.165, 1.54) is 6.07 Å². The van der Waals surface area contributed by atoms with Crippen molar-refractivity contribution in [2.45, 2.75) is 0 Å². The van der Waals surface area contributed by atoms with Gasteiger partial charge in [0.25, 0.3) is 5.69 Å². The number of hydrogen-bond donors (Lipinski definition) is 0. The molecule has 0 saturated heterocycles. The number of ketones is 1. The Balaban J connectivity index is 3.36. The number of nitro groups is 1. The number of Topliss-reactive ketones (excluding diaryl/α,β-unsaturated/α-hetero) is 1. The highest BCUT2D eigenvalue weighted by Gasteiger charge is 2.22. The summed E-state index contributed by atoms with van der Waals surface area (Å²) in [5, 5.41) is 10.3. The first kappa shape index (κ1) is 10.8. The Bertz CT molecular complexity index is 394. The molecule has 0 radical (unpaired) electrons. The average molecular weight is 262 g/mol. The fourth-order valence-electron chi connectivity index (χ4n) is 1.01. The lowest BCUT2D eigenvalue weighted by Crippen LogP contribution is -2.07. The lowest BCUT2D eigenvalue weighted by atomic mass is 10.1. The van der Waals surface area contributed by atoms with Crippen molar-refractivity contribution >= 4 is 27.4 Å². The maximum atomic E-state index is 13.1. The Hall–Kier alpha value is -1.30. The van der Waals surface area contributed by atoms with E-state index >= 15 is 0 Å². The molecule has 6 heteroatoms. The van der Waals surface area contributed by atoms with Crippen molar-refractivity contribution < 1.29 is 14.1 Å². The Morgan fingerprint density at radius 1 is 1.57 bits per heavy atom. The maximum absolute atomic E-state index is 13.1. The zero-order valence-electron chi connectivity index (χ0n) is 6.87. The largest absolute Gasteiger partial charge is 0.293 e. The molecule has 0 amide bonds. The summed E-state index contributed by atoms with van der Waals surface area (Å²) in [6.07, 6.45) is 0. The first-order valence-corrected chi connectivity index (χ1v) is 4.72. The summed E-state index contributed by atoms with van der Waals surface area (Å²) in [7, 11) is 0. The topological polar surface area (TPSA) is 60.2 Å². The molecule has 4 nitrogen and oxygen atoms in total. The first-order chi connectivity index (χ1) is 6.57. The second kappa shape index (κ2) is 4.28. The van der Waals surface area contributed by atoms with Gasteiger partial charge in [-0.1, -0.05) is 22.0 Å². The molecule has 0 N–H and O–H groups in total. The zero-order chi connectivity index (χ0) is 10.7. The van der Waals surface area contributed by atoms with Crippen LogP contribution in [0.4, 0.5) is 10.1 Å². The van der Waals surface area contributed by atoms with Crippen LogP contribution in [0.3, 0.4) is 0 Å². The molecule has 0 fully saturated rings. The number of carbonyl (C=O) groups excluding carboxylic acids is 1. The van der Waals surface area contributed by atoms with Crippen molar-refractivity contribution in [2.24, 2.45) is 0 Å². The van der Waals surface area contributed by atoms with Gasteiger partial charge in [-0.25, -0.2) is 4.39 Å². The van der Waals surface area contributed by atoms with Gasteiger partial charge in [-0.15, -0.1) is 0 Å². The van der Waals surface area contributed by atoms with Crippen LogP contribution in [0.5, 0.6) is 0 Å². The molecule has 0 atom stereocenters. The third-order valence-electron chi connectivity index (χ3n) is 1.59. The molecular formula is C8H5BrFNO3. The minimum absolute atomic E-state index is 0.144. The highest BCUT2D eigenvalue weighted by atomic mass is 79.9. The van der Waals surface area contributed by atoms with Crippen LogP contribution >= 0.6 is 15.9 Å². The van der Waals surface area contributed by atoms with Gasteiger partial charge >= 0.3 is 0 Å². The zero-order valence-corrected chi connectivity index (χ0v) is 8.45. The monoisotopic (exact) mass is 261 g/mol. The third kappa shape index (κ3) is 1.95. The molecule has 0 saturated carbocycles. The van der Waals surface area contributed by atoms with E-state index in [4.69, 9.17) is 0 Å². The van der Waals surface area contributed by atoms with E-state index in [2.05, 4.69) is 15.9 Å². The van der Waals surface area contributed by atoms with Gasteiger partial charge in [0.1, 0.15) is 11.4 Å². The quantitative estimate of drug-likeness (QED) is 0.363. The highest BCUT2D eigenvalue weighted by Crippen LogP contribution is 2.22. The Morgan fingerprint density at radius 3 is 2.71 bits per heavy atom. The molecule has 0 spiro atoms. The Kier molecular flexibility index (Phi) is 3.29. The van der Waals surface area contributed by atoms with E-state index in [0.717, 1.165) is 12.1 Å². The normalized spacial score (nSPS) is 9.86. The lowest BCUT2D eigenvalue weighted by molar-refractivity contribution is -0.385. The molecule has 74 valence electrons. The number of halogens is 2. The van der Waals surface area contributed by atoms with Gasteiger partial charge in [-0.3, -0.25) is 14.9 Å². The fourth-order valence-corrected chi connectivity index (χ4v) is 1.29. The average Bonchev–Trinajstić information content (AvgIpc) is 2.16. The van der Waals surface area contributed by atoms with Crippen LogP contribution in [0.15, 0.2) is 18.2 Å². The molecule has 0 bridgehead atoms. The fraction of sp³-hybridized carbons (Fsp3) is 0.125. The number of nitro benzene ring substituents is 1. The predicted molar refractivity (Wildman–Crippen MR) is 51.2 cm³/mol. The van der Waals surface area contributed by atoms with E-state index in [-0.39, 0.29) is 5.33 Å². The number of nitrogens with zero attached hydrogens (tertiary/aromatic N) is 1. The van der Waals surface area contributed by atoms with E-state index in [1.54, 1.807) is 0 Å². The number of rotatable bonds is 3. The van der Waals surface area contributed by atoms with Gasteiger partial charge in [0.05, 0.1) is 10.3 Å². The number of benzene rings is 1. The molecule has 1 aromatic rings. The number of alkyl halides is 1.